The molecule has 0 aliphatic heterocycles. The molecule has 0 unspecified atom stereocenters. The van der Waals surface area contributed by atoms with E-state index in [0.29, 0.717) is 43.1 Å². The maximum absolute atomic E-state index is 5.97. The molecule has 0 fully saturated rings. The molecule has 122 valence electrons. The molecule has 0 atom stereocenters. The van der Waals surface area contributed by atoms with Crippen molar-refractivity contribution in [1.82, 2.24) is 0 Å². The van der Waals surface area contributed by atoms with Crippen LogP contribution in [0.5, 0.6) is 23.0 Å². The molecule has 0 N–H and O–H groups in total. The van der Waals surface area contributed by atoms with Gasteiger partial charge in [0, 0.05) is 26.2 Å². The van der Waals surface area contributed by atoms with Gasteiger partial charge in [0.15, 0.2) is 0 Å². The molecule has 3 aromatic rings. The van der Waals surface area contributed by atoms with E-state index in [-0.39, 0.29) is 0 Å². The highest BCUT2D eigenvalue weighted by Gasteiger charge is 2.05. The van der Waals surface area contributed by atoms with E-state index in [4.69, 9.17) is 55.9 Å². The Hall–Kier alpha value is -1.58. The molecule has 3 aromatic carbocycles. The maximum Gasteiger partial charge on any atom is 0.131 e. The first kappa shape index (κ1) is 17.2. The fraction of sp³-hybridized carbons (Fsp3) is 0. The van der Waals surface area contributed by atoms with Crippen LogP contribution in [0, 0.1) is 0 Å². The van der Waals surface area contributed by atoms with Gasteiger partial charge < -0.3 is 9.47 Å². The molecule has 0 saturated heterocycles. The molecule has 24 heavy (non-hydrogen) atoms. The Morgan fingerprint density at radius 2 is 0.833 bits per heavy atom. The molecule has 0 amide bonds. The fourth-order valence-electron chi connectivity index (χ4n) is 2.05. The Labute approximate surface area is 159 Å². The van der Waals surface area contributed by atoms with Crippen LogP contribution in [0.1, 0.15) is 0 Å². The Bertz CT molecular complexity index is 771. The second kappa shape index (κ2) is 7.54. The highest BCUT2D eigenvalue weighted by atomic mass is 35.5. The lowest BCUT2D eigenvalue weighted by atomic mass is 10.3. The van der Waals surface area contributed by atoms with Gasteiger partial charge in [-0.25, -0.2) is 0 Å². The lowest BCUT2D eigenvalue weighted by Crippen LogP contribution is -1.87. The van der Waals surface area contributed by atoms with Crippen LogP contribution in [0.25, 0.3) is 0 Å². The van der Waals surface area contributed by atoms with Crippen LogP contribution in [0.2, 0.25) is 20.1 Å². The van der Waals surface area contributed by atoms with E-state index in [1.165, 1.54) is 0 Å². The van der Waals surface area contributed by atoms with Crippen molar-refractivity contribution >= 4 is 46.4 Å². The number of halogens is 4. The predicted octanol–water partition coefficient (Wildman–Crippen LogP) is 7.88. The third-order valence-corrected chi connectivity index (χ3v) is 3.82. The minimum Gasteiger partial charge on any atom is -0.457 e. The van der Waals surface area contributed by atoms with Crippen molar-refractivity contribution in [1.29, 1.82) is 0 Å². The molecule has 2 nitrogen and oxygen atoms in total. The van der Waals surface area contributed by atoms with Crippen LogP contribution in [-0.2, 0) is 0 Å². The van der Waals surface area contributed by atoms with Gasteiger partial charge >= 0.3 is 0 Å². The second-order valence-electron chi connectivity index (χ2n) is 4.89. The summed E-state index contributed by atoms with van der Waals surface area (Å²) in [6.07, 6.45) is 0. The average molecular weight is 400 g/mol. The second-order valence-corrected chi connectivity index (χ2v) is 6.64. The highest BCUT2D eigenvalue weighted by molar-refractivity contribution is 6.35. The van der Waals surface area contributed by atoms with Gasteiger partial charge in [-0.1, -0.05) is 52.5 Å². The van der Waals surface area contributed by atoms with E-state index < -0.39 is 0 Å². The van der Waals surface area contributed by atoms with Crippen LogP contribution in [0.3, 0.4) is 0 Å². The number of benzene rings is 3. The zero-order chi connectivity index (χ0) is 17.1. The molecule has 0 saturated carbocycles. The monoisotopic (exact) mass is 398 g/mol. The summed E-state index contributed by atoms with van der Waals surface area (Å²) in [7, 11) is 0. The van der Waals surface area contributed by atoms with E-state index in [1.54, 1.807) is 54.6 Å². The standard InChI is InChI=1S/C18H10Cl4O2/c19-11-4-12(20)7-17(6-11)23-15-2-1-3-16(10-15)24-18-8-13(21)5-14(22)9-18/h1-10H. The van der Waals surface area contributed by atoms with Crippen LogP contribution in [0.4, 0.5) is 0 Å². The van der Waals surface area contributed by atoms with E-state index >= 15 is 0 Å². The molecule has 0 aliphatic carbocycles. The summed E-state index contributed by atoms with van der Waals surface area (Å²) in [5.74, 6) is 2.24. The van der Waals surface area contributed by atoms with Crippen molar-refractivity contribution in [2.24, 2.45) is 0 Å². The summed E-state index contributed by atoms with van der Waals surface area (Å²) in [6, 6.07) is 17.1. The van der Waals surface area contributed by atoms with Crippen LogP contribution >= 0.6 is 46.4 Å². The van der Waals surface area contributed by atoms with Crippen molar-refractivity contribution < 1.29 is 9.47 Å². The van der Waals surface area contributed by atoms with E-state index in [2.05, 4.69) is 0 Å². The number of ether oxygens (including phenoxy) is 2. The molecular weight excluding hydrogens is 390 g/mol. The average Bonchev–Trinajstić information content (AvgIpc) is 2.45. The Morgan fingerprint density at radius 3 is 1.21 bits per heavy atom. The van der Waals surface area contributed by atoms with Gasteiger partial charge in [0.05, 0.1) is 0 Å². The maximum atomic E-state index is 5.97. The first-order valence-electron chi connectivity index (χ1n) is 6.86. The molecule has 0 aromatic heterocycles. The third kappa shape index (κ3) is 4.71. The van der Waals surface area contributed by atoms with Crippen molar-refractivity contribution in [2.45, 2.75) is 0 Å². The normalized spacial score (nSPS) is 10.5. The zero-order valence-corrected chi connectivity index (χ0v) is 15.1. The first-order valence-corrected chi connectivity index (χ1v) is 8.37. The summed E-state index contributed by atoms with van der Waals surface area (Å²) >= 11 is 23.9. The quantitative estimate of drug-likeness (QED) is 0.444. The third-order valence-electron chi connectivity index (χ3n) is 2.95. The Morgan fingerprint density at radius 1 is 0.458 bits per heavy atom. The number of hydrogen-bond donors (Lipinski definition) is 0. The van der Waals surface area contributed by atoms with Gasteiger partial charge in [-0.2, -0.15) is 0 Å². The Balaban J connectivity index is 1.81. The molecule has 3 rings (SSSR count). The van der Waals surface area contributed by atoms with Crippen molar-refractivity contribution in [3.8, 4) is 23.0 Å². The summed E-state index contributed by atoms with van der Waals surface area (Å²) in [6.45, 7) is 0. The largest absolute Gasteiger partial charge is 0.457 e. The highest BCUT2D eigenvalue weighted by Crippen LogP contribution is 2.32. The number of hydrogen-bond acceptors (Lipinski definition) is 2. The summed E-state index contributed by atoms with van der Waals surface area (Å²) in [4.78, 5) is 0. The molecule has 6 heteroatoms. The fourth-order valence-corrected chi connectivity index (χ4v) is 3.06. The summed E-state index contributed by atoms with van der Waals surface area (Å²) < 4.78 is 11.5. The predicted molar refractivity (Wildman–Crippen MR) is 99.5 cm³/mol. The van der Waals surface area contributed by atoms with Crippen molar-refractivity contribution in [3.05, 3.63) is 80.8 Å². The van der Waals surface area contributed by atoms with Gasteiger partial charge in [0.1, 0.15) is 23.0 Å². The van der Waals surface area contributed by atoms with Crippen LogP contribution < -0.4 is 9.47 Å². The zero-order valence-electron chi connectivity index (χ0n) is 12.1. The minimum atomic E-state index is 0.499. The molecule has 0 heterocycles. The van der Waals surface area contributed by atoms with Gasteiger partial charge in [0.2, 0.25) is 0 Å². The first-order chi connectivity index (χ1) is 11.5. The van der Waals surface area contributed by atoms with Gasteiger partial charge in [-0.3, -0.25) is 0 Å². The minimum absolute atomic E-state index is 0.499. The van der Waals surface area contributed by atoms with Crippen molar-refractivity contribution in [2.75, 3.05) is 0 Å². The lowest BCUT2D eigenvalue weighted by molar-refractivity contribution is 0.460. The van der Waals surface area contributed by atoms with E-state index in [0.717, 1.165) is 0 Å². The van der Waals surface area contributed by atoms with Crippen molar-refractivity contribution in [3.63, 3.8) is 0 Å². The Kier molecular flexibility index (Phi) is 5.42. The molecule has 0 radical (unpaired) electrons. The molecule has 0 aliphatic rings. The van der Waals surface area contributed by atoms with Crippen LogP contribution in [0.15, 0.2) is 60.7 Å². The lowest BCUT2D eigenvalue weighted by Gasteiger charge is -2.10. The van der Waals surface area contributed by atoms with Gasteiger partial charge in [0.25, 0.3) is 0 Å². The topological polar surface area (TPSA) is 18.5 Å². The smallest absolute Gasteiger partial charge is 0.131 e. The van der Waals surface area contributed by atoms with E-state index in [9.17, 15) is 0 Å². The SMILES string of the molecule is Clc1cc(Cl)cc(Oc2cccc(Oc3cc(Cl)cc(Cl)c3)c2)c1. The number of rotatable bonds is 4. The molecule has 0 spiro atoms. The summed E-state index contributed by atoms with van der Waals surface area (Å²) in [5, 5.41) is 1.99. The molecular formula is C18H10Cl4O2. The molecule has 0 bridgehead atoms. The van der Waals surface area contributed by atoms with E-state index in [1.807, 2.05) is 6.07 Å². The van der Waals surface area contributed by atoms with Gasteiger partial charge in [-0.05, 0) is 48.5 Å². The van der Waals surface area contributed by atoms with Gasteiger partial charge in [-0.15, -0.1) is 0 Å². The summed E-state index contributed by atoms with van der Waals surface area (Å²) in [5.41, 5.74) is 0. The van der Waals surface area contributed by atoms with Crippen LogP contribution in [-0.4, -0.2) is 0 Å².